The normalized spacial score (nSPS) is 16.9. The van der Waals surface area contributed by atoms with Gasteiger partial charge in [-0.2, -0.15) is 0 Å². The fraction of sp³-hybridized carbons (Fsp3) is 0.588. The fourth-order valence-electron chi connectivity index (χ4n) is 2.61. The van der Waals surface area contributed by atoms with E-state index in [4.69, 9.17) is 5.73 Å². The largest absolute Gasteiger partial charge is 0.325 e. The summed E-state index contributed by atoms with van der Waals surface area (Å²) in [5.41, 5.74) is 6.71. The highest BCUT2D eigenvalue weighted by Crippen LogP contribution is 2.34. The second kappa shape index (κ2) is 8.44. The number of unbranched alkanes of at least 4 members (excludes halogenated alkanes) is 1. The van der Waals surface area contributed by atoms with Gasteiger partial charge in [0, 0.05) is 15.8 Å². The van der Waals surface area contributed by atoms with E-state index in [9.17, 15) is 4.79 Å². The van der Waals surface area contributed by atoms with Gasteiger partial charge in [0.2, 0.25) is 5.91 Å². The summed E-state index contributed by atoms with van der Waals surface area (Å²) in [5.74, 6) is -0.0837. The Labute approximate surface area is 132 Å². The molecule has 1 aliphatic carbocycles. The van der Waals surface area contributed by atoms with Crippen LogP contribution in [0.4, 0.5) is 5.69 Å². The molecule has 0 aliphatic heterocycles. The maximum absolute atomic E-state index is 11.9. The molecule has 1 fully saturated rings. The highest BCUT2D eigenvalue weighted by Gasteiger charge is 2.16. The van der Waals surface area contributed by atoms with Crippen LogP contribution in [0.2, 0.25) is 0 Å². The first-order valence-corrected chi connectivity index (χ1v) is 8.90. The highest BCUT2D eigenvalue weighted by molar-refractivity contribution is 8.00. The Morgan fingerprint density at radius 1 is 1.33 bits per heavy atom. The summed E-state index contributed by atoms with van der Waals surface area (Å²) < 4.78 is 0. The molecule has 1 aliphatic rings. The highest BCUT2D eigenvalue weighted by atomic mass is 32.2. The van der Waals surface area contributed by atoms with Gasteiger partial charge in [0.15, 0.2) is 0 Å². The second-order valence-electron chi connectivity index (χ2n) is 5.79. The van der Waals surface area contributed by atoms with Gasteiger partial charge in [0.05, 0.1) is 6.04 Å². The molecule has 0 bridgehead atoms. The molecule has 1 aromatic carbocycles. The van der Waals surface area contributed by atoms with Crippen molar-refractivity contribution in [1.82, 2.24) is 0 Å². The van der Waals surface area contributed by atoms with Gasteiger partial charge in [-0.3, -0.25) is 4.79 Å². The molecule has 1 atom stereocenters. The zero-order valence-corrected chi connectivity index (χ0v) is 13.6. The lowest BCUT2D eigenvalue weighted by Gasteiger charge is -2.13. The molecule has 116 valence electrons. The average molecular weight is 306 g/mol. The Bertz CT molecular complexity index is 441. The molecule has 0 heterocycles. The Balaban J connectivity index is 1.82. The molecule has 0 spiro atoms. The van der Waals surface area contributed by atoms with Crippen molar-refractivity contribution in [1.29, 1.82) is 0 Å². The molecular weight excluding hydrogens is 280 g/mol. The maximum Gasteiger partial charge on any atom is 0.241 e. The fourth-order valence-corrected chi connectivity index (χ4v) is 3.85. The minimum Gasteiger partial charge on any atom is -0.325 e. The predicted octanol–water partition coefficient (Wildman–Crippen LogP) is 4.18. The molecule has 0 unspecified atom stereocenters. The molecule has 0 radical (unpaired) electrons. The Morgan fingerprint density at radius 3 is 2.62 bits per heavy atom. The van der Waals surface area contributed by atoms with Crippen LogP contribution >= 0.6 is 11.8 Å². The minimum absolute atomic E-state index is 0.0837. The van der Waals surface area contributed by atoms with E-state index in [2.05, 4.69) is 24.4 Å². The minimum atomic E-state index is -0.405. The van der Waals surface area contributed by atoms with Gasteiger partial charge in [0.1, 0.15) is 0 Å². The number of thioether (sulfide) groups is 1. The molecule has 21 heavy (non-hydrogen) atoms. The van der Waals surface area contributed by atoms with Crippen LogP contribution in [-0.4, -0.2) is 17.2 Å². The van der Waals surface area contributed by atoms with E-state index in [1.807, 2.05) is 23.9 Å². The number of amides is 1. The topological polar surface area (TPSA) is 55.1 Å². The van der Waals surface area contributed by atoms with E-state index < -0.39 is 6.04 Å². The number of hydrogen-bond donors (Lipinski definition) is 2. The van der Waals surface area contributed by atoms with E-state index in [1.54, 1.807) is 0 Å². The van der Waals surface area contributed by atoms with Crippen LogP contribution in [0.5, 0.6) is 0 Å². The van der Waals surface area contributed by atoms with Gasteiger partial charge >= 0.3 is 0 Å². The molecule has 1 saturated carbocycles. The van der Waals surface area contributed by atoms with E-state index in [1.165, 1.54) is 30.6 Å². The van der Waals surface area contributed by atoms with Crippen LogP contribution in [0.15, 0.2) is 29.2 Å². The summed E-state index contributed by atoms with van der Waals surface area (Å²) in [6, 6.07) is 7.73. The quantitative estimate of drug-likeness (QED) is 0.794. The van der Waals surface area contributed by atoms with Gasteiger partial charge in [0.25, 0.3) is 0 Å². The van der Waals surface area contributed by atoms with Crippen LogP contribution in [0.25, 0.3) is 0 Å². The van der Waals surface area contributed by atoms with E-state index in [0.717, 1.165) is 30.2 Å². The Morgan fingerprint density at radius 2 is 2.00 bits per heavy atom. The Kier molecular flexibility index (Phi) is 6.58. The third-order valence-electron chi connectivity index (χ3n) is 3.93. The van der Waals surface area contributed by atoms with Crippen molar-refractivity contribution in [2.45, 2.75) is 68.1 Å². The summed E-state index contributed by atoms with van der Waals surface area (Å²) in [5, 5.41) is 3.67. The molecule has 0 saturated heterocycles. The first-order valence-electron chi connectivity index (χ1n) is 8.02. The van der Waals surface area contributed by atoms with Gasteiger partial charge in [-0.15, -0.1) is 11.8 Å². The number of benzene rings is 1. The zero-order valence-electron chi connectivity index (χ0n) is 12.8. The van der Waals surface area contributed by atoms with Crippen molar-refractivity contribution in [2.24, 2.45) is 5.73 Å². The van der Waals surface area contributed by atoms with E-state index in [-0.39, 0.29) is 5.91 Å². The van der Waals surface area contributed by atoms with E-state index in [0.29, 0.717) is 0 Å². The molecule has 4 heteroatoms. The Hall–Kier alpha value is -1.00. The summed E-state index contributed by atoms with van der Waals surface area (Å²) >= 11 is 1.96. The molecular formula is C17H26N2OS. The standard InChI is InChI=1S/C17H26N2OS/c1-2-3-8-16(18)17(20)19-13-9-11-15(12-10-13)21-14-6-4-5-7-14/h9-12,14,16H,2-8,18H2,1H3,(H,19,20)/t16-/m0/s1. The zero-order chi connectivity index (χ0) is 15.1. The molecule has 3 N–H and O–H groups in total. The molecule has 1 aromatic rings. The van der Waals surface area contributed by atoms with Crippen LogP contribution in [0, 0.1) is 0 Å². The van der Waals surface area contributed by atoms with Crippen LogP contribution in [0.3, 0.4) is 0 Å². The lowest BCUT2D eigenvalue weighted by Crippen LogP contribution is -2.35. The molecule has 1 amide bonds. The van der Waals surface area contributed by atoms with Gasteiger partial charge in [-0.05, 0) is 43.5 Å². The van der Waals surface area contributed by atoms with Crippen molar-refractivity contribution in [3.05, 3.63) is 24.3 Å². The third kappa shape index (κ3) is 5.36. The van der Waals surface area contributed by atoms with Crippen molar-refractivity contribution >= 4 is 23.4 Å². The van der Waals surface area contributed by atoms with E-state index >= 15 is 0 Å². The SMILES string of the molecule is CCCC[C@H](N)C(=O)Nc1ccc(SC2CCCC2)cc1. The molecule has 3 nitrogen and oxygen atoms in total. The van der Waals surface area contributed by atoms with Crippen molar-refractivity contribution in [2.75, 3.05) is 5.32 Å². The smallest absolute Gasteiger partial charge is 0.241 e. The van der Waals surface area contributed by atoms with Gasteiger partial charge < -0.3 is 11.1 Å². The lowest BCUT2D eigenvalue weighted by atomic mass is 10.1. The van der Waals surface area contributed by atoms with Crippen molar-refractivity contribution in [3.63, 3.8) is 0 Å². The lowest BCUT2D eigenvalue weighted by molar-refractivity contribution is -0.117. The summed E-state index contributed by atoms with van der Waals surface area (Å²) in [7, 11) is 0. The van der Waals surface area contributed by atoms with Crippen molar-refractivity contribution < 1.29 is 4.79 Å². The number of rotatable bonds is 7. The second-order valence-corrected chi connectivity index (χ2v) is 7.16. The number of anilines is 1. The monoisotopic (exact) mass is 306 g/mol. The number of nitrogens with two attached hydrogens (primary N) is 1. The third-order valence-corrected chi connectivity index (χ3v) is 5.28. The number of hydrogen-bond acceptors (Lipinski definition) is 3. The van der Waals surface area contributed by atoms with Crippen LogP contribution < -0.4 is 11.1 Å². The summed E-state index contributed by atoms with van der Waals surface area (Å²) in [4.78, 5) is 13.2. The van der Waals surface area contributed by atoms with Crippen LogP contribution in [-0.2, 0) is 4.79 Å². The number of carbonyl (C=O) groups excluding carboxylic acids is 1. The first kappa shape index (κ1) is 16.4. The maximum atomic E-state index is 11.9. The van der Waals surface area contributed by atoms with Crippen LogP contribution in [0.1, 0.15) is 51.9 Å². The number of carbonyl (C=O) groups is 1. The number of nitrogens with one attached hydrogen (secondary N) is 1. The first-order chi connectivity index (χ1) is 10.2. The summed E-state index contributed by atoms with van der Waals surface area (Å²) in [6.45, 7) is 2.10. The van der Waals surface area contributed by atoms with Crippen molar-refractivity contribution in [3.8, 4) is 0 Å². The molecule has 0 aromatic heterocycles. The van der Waals surface area contributed by atoms with Gasteiger partial charge in [-0.1, -0.05) is 32.6 Å². The summed E-state index contributed by atoms with van der Waals surface area (Å²) in [6.07, 6.45) is 8.19. The predicted molar refractivity (Wildman–Crippen MR) is 90.7 cm³/mol. The average Bonchev–Trinajstić information content (AvgIpc) is 2.99. The molecule has 2 rings (SSSR count). The van der Waals surface area contributed by atoms with Gasteiger partial charge in [-0.25, -0.2) is 0 Å².